The van der Waals surface area contributed by atoms with Crippen molar-refractivity contribution in [2.75, 3.05) is 13.2 Å². The molecule has 0 aromatic heterocycles. The molecule has 10 nitrogen and oxygen atoms in total. The topological polar surface area (TPSA) is 152 Å². The third kappa shape index (κ3) is 6.36. The molecular weight excluding hydrogens is 496 g/mol. The molecule has 10 heteroatoms. The first-order valence-electron chi connectivity index (χ1n) is 11.8. The molecule has 0 spiro atoms. The van der Waals surface area contributed by atoms with Crippen molar-refractivity contribution < 1.29 is 49.6 Å². The minimum Gasteiger partial charge on any atom is -0.493 e. The highest BCUT2D eigenvalue weighted by molar-refractivity contribution is 6.00. The van der Waals surface area contributed by atoms with Crippen LogP contribution in [0.3, 0.4) is 0 Å². The lowest BCUT2D eigenvalue weighted by atomic mass is 10.0. The second-order valence-electron chi connectivity index (χ2n) is 8.61. The maximum Gasteiger partial charge on any atom is 0.339 e. The number of hydrogen-bond acceptors (Lipinski definition) is 8. The molecule has 0 unspecified atom stereocenters. The molecular formula is C28H26O10. The molecule has 4 N–H and O–H groups in total. The van der Waals surface area contributed by atoms with E-state index >= 15 is 0 Å². The highest BCUT2D eigenvalue weighted by atomic mass is 17.1. The number of rotatable bonds is 13. The third-order valence-corrected chi connectivity index (χ3v) is 6.01. The van der Waals surface area contributed by atoms with Crippen LogP contribution in [0.25, 0.3) is 21.5 Å². The second-order valence-corrected chi connectivity index (χ2v) is 8.61. The van der Waals surface area contributed by atoms with E-state index in [1.165, 1.54) is 18.2 Å². The molecule has 38 heavy (non-hydrogen) atoms. The molecule has 0 aliphatic carbocycles. The Balaban J connectivity index is 1.37. The van der Waals surface area contributed by atoms with Gasteiger partial charge in [0.1, 0.15) is 30.3 Å². The van der Waals surface area contributed by atoms with Crippen molar-refractivity contribution >= 4 is 33.5 Å². The number of ether oxygens (including phenoxy) is 2. The normalized spacial score (nSPS) is 11.1. The van der Waals surface area contributed by atoms with Crippen LogP contribution in [-0.4, -0.2) is 45.9 Å². The van der Waals surface area contributed by atoms with Crippen LogP contribution in [0.15, 0.2) is 60.7 Å². The number of carbonyl (C=O) groups is 2. The Morgan fingerprint density at radius 3 is 1.92 bits per heavy atom. The van der Waals surface area contributed by atoms with Crippen LogP contribution < -0.4 is 9.47 Å². The van der Waals surface area contributed by atoms with E-state index in [2.05, 4.69) is 9.78 Å². The first-order chi connectivity index (χ1) is 18.4. The Kier molecular flexibility index (Phi) is 8.72. The number of benzene rings is 4. The molecule has 0 saturated carbocycles. The summed E-state index contributed by atoms with van der Waals surface area (Å²) in [5.41, 5.74) is 1.46. The first kappa shape index (κ1) is 26.8. The third-order valence-electron chi connectivity index (χ3n) is 6.01. The Labute approximate surface area is 217 Å². The maximum atomic E-state index is 11.7. The van der Waals surface area contributed by atoms with Gasteiger partial charge in [-0.05, 0) is 82.4 Å². The SMILES string of the molecule is O=C(O)c1ccc2cc(OCCCCOc3cc4ccc(COO)cc4cc3COO)c(C(=O)O)cc2c1. The summed E-state index contributed by atoms with van der Waals surface area (Å²) in [6, 6.07) is 16.7. The summed E-state index contributed by atoms with van der Waals surface area (Å²) < 4.78 is 11.7. The molecule has 4 aromatic carbocycles. The van der Waals surface area contributed by atoms with E-state index in [-0.39, 0.29) is 36.7 Å². The van der Waals surface area contributed by atoms with Gasteiger partial charge in [-0.3, -0.25) is 10.5 Å². The van der Waals surface area contributed by atoms with Gasteiger partial charge in [0.05, 0.1) is 18.8 Å². The number of unbranched alkanes of at least 4 members (excludes halogenated alkanes) is 1. The van der Waals surface area contributed by atoms with Gasteiger partial charge >= 0.3 is 11.9 Å². The molecule has 4 aromatic rings. The fourth-order valence-corrected chi connectivity index (χ4v) is 4.12. The minimum absolute atomic E-state index is 0.0465. The highest BCUT2D eigenvalue weighted by Gasteiger charge is 2.15. The number of carboxylic acid groups (broad SMARTS) is 2. The maximum absolute atomic E-state index is 11.7. The average Bonchev–Trinajstić information content (AvgIpc) is 2.90. The predicted molar refractivity (Wildman–Crippen MR) is 137 cm³/mol. The van der Waals surface area contributed by atoms with Crippen LogP contribution in [0.2, 0.25) is 0 Å². The fraction of sp³-hybridized carbons (Fsp3) is 0.214. The van der Waals surface area contributed by atoms with E-state index in [9.17, 15) is 19.8 Å². The van der Waals surface area contributed by atoms with Gasteiger partial charge in [0.15, 0.2) is 0 Å². The molecule has 0 saturated heterocycles. The monoisotopic (exact) mass is 522 g/mol. The first-order valence-corrected chi connectivity index (χ1v) is 11.8. The van der Waals surface area contributed by atoms with E-state index < -0.39 is 11.9 Å². The summed E-state index contributed by atoms with van der Waals surface area (Å²) in [6.07, 6.45) is 1.20. The number of carboxylic acids is 2. The molecule has 0 aliphatic heterocycles. The van der Waals surface area contributed by atoms with Gasteiger partial charge in [-0.15, -0.1) is 0 Å². The van der Waals surface area contributed by atoms with Crippen molar-refractivity contribution in [3.8, 4) is 11.5 Å². The van der Waals surface area contributed by atoms with Crippen molar-refractivity contribution in [3.63, 3.8) is 0 Å². The lowest BCUT2D eigenvalue weighted by Crippen LogP contribution is -2.07. The summed E-state index contributed by atoms with van der Waals surface area (Å²) in [5, 5.41) is 39.4. The van der Waals surface area contributed by atoms with E-state index in [0.29, 0.717) is 41.5 Å². The zero-order chi connectivity index (χ0) is 27.1. The number of hydrogen-bond donors (Lipinski definition) is 4. The smallest absolute Gasteiger partial charge is 0.339 e. The number of fused-ring (bicyclic) bond motifs is 2. The Hall–Kier alpha value is -4.22. The lowest BCUT2D eigenvalue weighted by molar-refractivity contribution is -0.253. The van der Waals surface area contributed by atoms with E-state index in [1.807, 2.05) is 30.3 Å². The van der Waals surface area contributed by atoms with Gasteiger partial charge < -0.3 is 19.7 Å². The van der Waals surface area contributed by atoms with Crippen molar-refractivity contribution in [3.05, 3.63) is 82.9 Å². The standard InChI is InChI=1S/C28H26O10/c29-27(30)20-6-5-19-14-26(24(28(31)32)12-22(19)10-20)36-8-2-1-7-35-25-13-18-4-3-17(15-37-33)9-21(18)11-23(25)16-38-34/h3-6,9-14,33-34H,1-2,7-8,15-16H2,(H,29,30)(H,31,32). The average molecular weight is 523 g/mol. The molecule has 198 valence electrons. The summed E-state index contributed by atoms with van der Waals surface area (Å²) in [7, 11) is 0. The second kappa shape index (κ2) is 12.3. The van der Waals surface area contributed by atoms with Crippen LogP contribution in [0.4, 0.5) is 0 Å². The Morgan fingerprint density at radius 1 is 0.632 bits per heavy atom. The van der Waals surface area contributed by atoms with Gasteiger partial charge in [0, 0.05) is 5.56 Å². The molecule has 0 bridgehead atoms. The number of aromatic carboxylic acids is 2. The van der Waals surface area contributed by atoms with Gasteiger partial charge in [-0.1, -0.05) is 18.2 Å². The van der Waals surface area contributed by atoms with Crippen LogP contribution >= 0.6 is 0 Å². The summed E-state index contributed by atoms with van der Waals surface area (Å²) in [5.74, 6) is -1.50. The lowest BCUT2D eigenvalue weighted by Gasteiger charge is -2.14. The van der Waals surface area contributed by atoms with Gasteiger partial charge in [0.2, 0.25) is 0 Å². The molecule has 0 amide bonds. The van der Waals surface area contributed by atoms with E-state index in [4.69, 9.17) is 20.0 Å². The minimum atomic E-state index is -1.17. The molecule has 0 aliphatic rings. The van der Waals surface area contributed by atoms with Crippen LogP contribution in [0, 0.1) is 0 Å². The van der Waals surface area contributed by atoms with Crippen molar-refractivity contribution in [1.82, 2.24) is 0 Å². The van der Waals surface area contributed by atoms with Gasteiger partial charge in [-0.2, -0.15) is 0 Å². The molecule has 0 atom stereocenters. The molecule has 0 heterocycles. The highest BCUT2D eigenvalue weighted by Crippen LogP contribution is 2.29. The van der Waals surface area contributed by atoms with Crippen molar-refractivity contribution in [2.24, 2.45) is 0 Å². The fourth-order valence-electron chi connectivity index (χ4n) is 4.12. The quantitative estimate of drug-likeness (QED) is 0.0991. The largest absolute Gasteiger partial charge is 0.493 e. The van der Waals surface area contributed by atoms with E-state index in [1.54, 1.807) is 12.1 Å². The van der Waals surface area contributed by atoms with Crippen LogP contribution in [0.1, 0.15) is 44.7 Å². The molecule has 0 fully saturated rings. The molecule has 4 rings (SSSR count). The van der Waals surface area contributed by atoms with Gasteiger partial charge in [-0.25, -0.2) is 19.4 Å². The Bertz CT molecular complexity index is 1460. The van der Waals surface area contributed by atoms with Gasteiger partial charge in [0.25, 0.3) is 0 Å². The molecule has 0 radical (unpaired) electrons. The van der Waals surface area contributed by atoms with Crippen LogP contribution in [-0.2, 0) is 23.0 Å². The zero-order valence-electron chi connectivity index (χ0n) is 20.3. The summed E-state index contributed by atoms with van der Waals surface area (Å²) in [4.78, 5) is 31.5. The van der Waals surface area contributed by atoms with Crippen molar-refractivity contribution in [2.45, 2.75) is 26.1 Å². The summed E-state index contributed by atoms with van der Waals surface area (Å²) in [6.45, 7) is 0.595. The summed E-state index contributed by atoms with van der Waals surface area (Å²) >= 11 is 0. The van der Waals surface area contributed by atoms with Crippen molar-refractivity contribution in [1.29, 1.82) is 0 Å². The Morgan fingerprint density at radius 2 is 1.26 bits per heavy atom. The van der Waals surface area contributed by atoms with E-state index in [0.717, 1.165) is 16.3 Å². The predicted octanol–water partition coefficient (Wildman–Crippen LogP) is 5.61. The zero-order valence-corrected chi connectivity index (χ0v) is 20.3. The van der Waals surface area contributed by atoms with Crippen LogP contribution in [0.5, 0.6) is 11.5 Å².